The lowest BCUT2D eigenvalue weighted by Gasteiger charge is -2.19. The van der Waals surface area contributed by atoms with E-state index in [4.69, 9.17) is 0 Å². The number of hydrogen-bond donors (Lipinski definition) is 0. The zero-order chi connectivity index (χ0) is 11.4. The highest BCUT2D eigenvalue weighted by atomic mass is 32.2. The van der Waals surface area contributed by atoms with Gasteiger partial charge in [-0.05, 0) is 11.8 Å². The van der Waals surface area contributed by atoms with Gasteiger partial charge in [0.05, 0.1) is 5.75 Å². The molecular weight excluding hydrogens is 192 g/mol. The molecule has 0 aromatic carbocycles. The van der Waals surface area contributed by atoms with Crippen LogP contribution >= 0.6 is 11.8 Å². The summed E-state index contributed by atoms with van der Waals surface area (Å²) in [5.74, 6) is 1.05. The van der Waals surface area contributed by atoms with Crippen molar-refractivity contribution in [2.24, 2.45) is 5.41 Å². The Labute approximate surface area is 93.0 Å². The summed E-state index contributed by atoms with van der Waals surface area (Å²) in [6.07, 6.45) is 1.73. The molecule has 0 amide bonds. The van der Waals surface area contributed by atoms with E-state index in [9.17, 15) is 4.79 Å². The van der Waals surface area contributed by atoms with Crippen LogP contribution < -0.4 is 0 Å². The Hall–Kier alpha value is 0.0200. The molecule has 2 heteroatoms. The standard InChI is InChI=1S/C12H24OS/c1-11(2,3)8-7-10(13)9-14-12(4,5)6/h7-9H2,1-6H3. The molecule has 0 heterocycles. The van der Waals surface area contributed by atoms with Crippen LogP contribution in [0.25, 0.3) is 0 Å². The average Bonchev–Trinajstić information content (AvgIpc) is 1.94. The molecule has 0 aliphatic rings. The first-order valence-electron chi connectivity index (χ1n) is 5.26. The van der Waals surface area contributed by atoms with Gasteiger partial charge in [0.25, 0.3) is 0 Å². The molecule has 0 bridgehead atoms. The minimum absolute atomic E-state index is 0.206. The summed E-state index contributed by atoms with van der Waals surface area (Å²) in [6, 6.07) is 0. The smallest absolute Gasteiger partial charge is 0.142 e. The Morgan fingerprint density at radius 2 is 1.57 bits per heavy atom. The molecule has 0 aliphatic heterocycles. The predicted octanol–water partition coefficient (Wildman–Crippen LogP) is 3.91. The maximum absolute atomic E-state index is 11.5. The fourth-order valence-electron chi connectivity index (χ4n) is 0.884. The summed E-state index contributed by atoms with van der Waals surface area (Å²) < 4.78 is 0.206. The summed E-state index contributed by atoms with van der Waals surface area (Å²) >= 11 is 1.74. The van der Waals surface area contributed by atoms with Crippen LogP contribution in [-0.4, -0.2) is 16.3 Å². The Morgan fingerprint density at radius 3 is 1.93 bits per heavy atom. The fourth-order valence-corrected chi connectivity index (χ4v) is 1.62. The fraction of sp³-hybridized carbons (Fsp3) is 0.917. The summed E-state index contributed by atoms with van der Waals surface area (Å²) in [6.45, 7) is 13.0. The Kier molecular flexibility index (Phi) is 5.21. The zero-order valence-corrected chi connectivity index (χ0v) is 11.3. The molecule has 0 saturated heterocycles. The number of Topliss-reactive ketones (excluding diaryl/α,β-unsaturated/α-hetero) is 1. The van der Waals surface area contributed by atoms with Crippen LogP contribution in [0.4, 0.5) is 0 Å². The number of thioether (sulfide) groups is 1. The molecule has 0 rings (SSSR count). The lowest BCUT2D eigenvalue weighted by Crippen LogP contribution is -2.15. The van der Waals surface area contributed by atoms with E-state index in [0.717, 1.165) is 12.8 Å². The van der Waals surface area contributed by atoms with Gasteiger partial charge in [0.15, 0.2) is 0 Å². The molecule has 0 saturated carbocycles. The van der Waals surface area contributed by atoms with Crippen molar-refractivity contribution in [3.05, 3.63) is 0 Å². The number of ketones is 1. The summed E-state index contributed by atoms with van der Waals surface area (Å²) in [5, 5.41) is 0. The molecule has 1 nitrogen and oxygen atoms in total. The summed E-state index contributed by atoms with van der Waals surface area (Å²) in [5.41, 5.74) is 0.280. The van der Waals surface area contributed by atoms with Crippen molar-refractivity contribution in [1.29, 1.82) is 0 Å². The predicted molar refractivity (Wildman–Crippen MR) is 65.9 cm³/mol. The van der Waals surface area contributed by atoms with Gasteiger partial charge in [0, 0.05) is 11.2 Å². The topological polar surface area (TPSA) is 17.1 Å². The van der Waals surface area contributed by atoms with Crippen LogP contribution in [-0.2, 0) is 4.79 Å². The number of carbonyl (C=O) groups excluding carboxylic acids is 1. The van der Waals surface area contributed by atoms with Crippen molar-refractivity contribution < 1.29 is 4.79 Å². The molecule has 0 atom stereocenters. The van der Waals surface area contributed by atoms with Crippen molar-refractivity contribution in [3.63, 3.8) is 0 Å². The van der Waals surface area contributed by atoms with E-state index in [1.54, 1.807) is 11.8 Å². The maximum Gasteiger partial charge on any atom is 0.142 e. The molecule has 0 fully saturated rings. The first kappa shape index (κ1) is 14.0. The van der Waals surface area contributed by atoms with Crippen molar-refractivity contribution in [2.75, 3.05) is 5.75 Å². The van der Waals surface area contributed by atoms with Crippen LogP contribution in [0.2, 0.25) is 0 Å². The van der Waals surface area contributed by atoms with Crippen molar-refractivity contribution in [3.8, 4) is 0 Å². The monoisotopic (exact) mass is 216 g/mol. The highest BCUT2D eigenvalue weighted by molar-refractivity contribution is 8.01. The molecule has 0 aromatic rings. The molecule has 0 aromatic heterocycles. The van der Waals surface area contributed by atoms with Gasteiger partial charge < -0.3 is 0 Å². The third-order valence-electron chi connectivity index (χ3n) is 1.82. The minimum Gasteiger partial charge on any atom is -0.299 e. The molecule has 14 heavy (non-hydrogen) atoms. The Morgan fingerprint density at radius 1 is 1.07 bits per heavy atom. The number of hydrogen-bond acceptors (Lipinski definition) is 2. The van der Waals surface area contributed by atoms with Gasteiger partial charge in [-0.2, -0.15) is 0 Å². The van der Waals surface area contributed by atoms with Gasteiger partial charge in [-0.1, -0.05) is 41.5 Å². The van der Waals surface area contributed by atoms with E-state index in [2.05, 4.69) is 41.5 Å². The second-order valence-corrected chi connectivity index (χ2v) is 7.80. The maximum atomic E-state index is 11.5. The molecule has 0 N–H and O–H groups in total. The first-order valence-corrected chi connectivity index (χ1v) is 6.24. The van der Waals surface area contributed by atoms with Crippen molar-refractivity contribution in [1.82, 2.24) is 0 Å². The largest absolute Gasteiger partial charge is 0.299 e. The summed E-state index contributed by atoms with van der Waals surface area (Å²) in [7, 11) is 0. The van der Waals surface area contributed by atoms with Crippen LogP contribution in [0.1, 0.15) is 54.4 Å². The highest BCUT2D eigenvalue weighted by Gasteiger charge is 2.16. The van der Waals surface area contributed by atoms with Crippen molar-refractivity contribution in [2.45, 2.75) is 59.1 Å². The van der Waals surface area contributed by atoms with E-state index in [0.29, 0.717) is 11.5 Å². The van der Waals surface area contributed by atoms with E-state index >= 15 is 0 Å². The highest BCUT2D eigenvalue weighted by Crippen LogP contribution is 2.25. The van der Waals surface area contributed by atoms with E-state index in [1.807, 2.05) is 0 Å². The molecular formula is C12H24OS. The lowest BCUT2D eigenvalue weighted by atomic mass is 9.90. The van der Waals surface area contributed by atoms with Gasteiger partial charge in [-0.15, -0.1) is 11.8 Å². The third kappa shape index (κ3) is 10.1. The molecule has 0 spiro atoms. The second-order valence-electron chi connectivity index (χ2n) is 6.00. The van der Waals surface area contributed by atoms with Crippen LogP contribution in [0.15, 0.2) is 0 Å². The van der Waals surface area contributed by atoms with Gasteiger partial charge in [0.2, 0.25) is 0 Å². The first-order chi connectivity index (χ1) is 6.10. The van der Waals surface area contributed by atoms with Crippen LogP contribution in [0.3, 0.4) is 0 Å². The zero-order valence-electron chi connectivity index (χ0n) is 10.4. The third-order valence-corrected chi connectivity index (χ3v) is 3.15. The van der Waals surface area contributed by atoms with Crippen molar-refractivity contribution >= 4 is 17.5 Å². The SMILES string of the molecule is CC(C)(C)CCC(=O)CSC(C)(C)C. The number of carbonyl (C=O) groups is 1. The molecule has 0 aliphatic carbocycles. The minimum atomic E-state index is 0.206. The molecule has 84 valence electrons. The van der Waals surface area contributed by atoms with Gasteiger partial charge in [-0.25, -0.2) is 0 Å². The lowest BCUT2D eigenvalue weighted by molar-refractivity contribution is -0.117. The molecule has 0 unspecified atom stereocenters. The second kappa shape index (κ2) is 5.20. The van der Waals surface area contributed by atoms with E-state index < -0.39 is 0 Å². The van der Waals surface area contributed by atoms with Gasteiger partial charge >= 0.3 is 0 Å². The van der Waals surface area contributed by atoms with Crippen LogP contribution in [0, 0.1) is 5.41 Å². The van der Waals surface area contributed by atoms with E-state index in [1.165, 1.54) is 0 Å². The van der Waals surface area contributed by atoms with Gasteiger partial charge in [-0.3, -0.25) is 4.79 Å². The average molecular weight is 216 g/mol. The normalized spacial score (nSPS) is 13.0. The number of rotatable bonds is 4. The molecule has 0 radical (unpaired) electrons. The Balaban J connectivity index is 3.68. The quantitative estimate of drug-likeness (QED) is 0.708. The summed E-state index contributed by atoms with van der Waals surface area (Å²) in [4.78, 5) is 11.5. The van der Waals surface area contributed by atoms with E-state index in [-0.39, 0.29) is 10.2 Å². The Bertz CT molecular complexity index is 163. The van der Waals surface area contributed by atoms with Crippen LogP contribution in [0.5, 0.6) is 0 Å². The van der Waals surface area contributed by atoms with Gasteiger partial charge in [0.1, 0.15) is 5.78 Å².